The van der Waals surface area contributed by atoms with Gasteiger partial charge in [-0.25, -0.2) is 0 Å². The van der Waals surface area contributed by atoms with Crippen LogP contribution in [0.1, 0.15) is 6.42 Å². The van der Waals surface area contributed by atoms with Crippen LogP contribution in [0, 0.1) is 0 Å². The molecule has 12 heteroatoms. The number of nitrogens with one attached hydrogen (secondary N) is 2. The van der Waals surface area contributed by atoms with Crippen LogP contribution in [0.2, 0.25) is 0 Å². The van der Waals surface area contributed by atoms with Crippen molar-refractivity contribution >= 4 is 79.6 Å². The number of nitrogens with zero attached hydrogens (tertiary/aromatic N) is 2. The molecule has 3 heterocycles. The first kappa shape index (κ1) is 24.1. The van der Waals surface area contributed by atoms with E-state index in [1.165, 1.54) is 0 Å². The molecule has 2 N–H and O–H groups in total. The molecule has 0 spiro atoms. The molecule has 0 atom stereocenters. The van der Waals surface area contributed by atoms with Crippen molar-refractivity contribution in [2.45, 2.75) is 6.42 Å². The second kappa shape index (κ2) is 9.67. The summed E-state index contributed by atoms with van der Waals surface area (Å²) in [6, 6.07) is 13.7. The fourth-order valence-electron chi connectivity index (χ4n) is 3.49. The van der Waals surface area contributed by atoms with Crippen LogP contribution in [0.25, 0.3) is 32.6 Å². The molecule has 5 rings (SSSR count). The third kappa shape index (κ3) is 4.78. The molecule has 1 aliphatic rings. The molecule has 2 aromatic carbocycles. The summed E-state index contributed by atoms with van der Waals surface area (Å²) in [6.07, 6.45) is 0.508. The number of benzene rings is 2. The van der Waals surface area contributed by atoms with Crippen molar-refractivity contribution in [2.24, 2.45) is 0 Å². The standard InChI is InChI=1S/C21H18N4O4.2ClH.Cu.Sn/c22-20-16(18(26)12-6-1-3-8-14(12)28-20)24-10-5-11-25-17-19(27)13-7-2-4-9-15(13)29-21(17)23;;;;/h1-4,6-9H,5,10-11H2,(H4,22,23,26,27);2*1H;;/q-2;;;+2;+4/p-4. The predicted octanol–water partition coefficient (Wildman–Crippen LogP) is 5.75. The normalized spacial score (nSPS) is 15.2. The van der Waals surface area contributed by atoms with Gasteiger partial charge in [-0.1, -0.05) is 0 Å². The zero-order chi connectivity index (χ0) is 22.3. The van der Waals surface area contributed by atoms with Crippen LogP contribution in [0.3, 0.4) is 0 Å². The summed E-state index contributed by atoms with van der Waals surface area (Å²) in [5, 5.41) is 9.67. The molecule has 8 nitrogen and oxygen atoms in total. The van der Waals surface area contributed by atoms with Gasteiger partial charge in [0.05, 0.1) is 0 Å². The largest absolute Gasteiger partial charge is 2.00 e. The van der Waals surface area contributed by atoms with Gasteiger partial charge in [0.15, 0.2) is 0 Å². The van der Waals surface area contributed by atoms with Crippen molar-refractivity contribution in [1.29, 1.82) is 0 Å². The molecule has 1 aliphatic heterocycles. The third-order valence-corrected chi connectivity index (χ3v) is 10.6. The number of rotatable bonds is 0. The topological polar surface area (TPSA) is 113 Å². The first-order valence-electron chi connectivity index (χ1n) is 9.84. The van der Waals surface area contributed by atoms with Crippen LogP contribution in [0.5, 0.6) is 0 Å². The van der Waals surface area contributed by atoms with Gasteiger partial charge < -0.3 is 0 Å². The molecule has 0 saturated heterocycles. The summed E-state index contributed by atoms with van der Waals surface area (Å²) < 4.78 is 17.7. The Hall–Kier alpha value is -2.04. The second-order valence-electron chi connectivity index (χ2n) is 7.15. The first-order chi connectivity index (χ1) is 15.4. The zero-order valence-corrected chi connectivity index (χ0v) is 22.1. The van der Waals surface area contributed by atoms with Gasteiger partial charge >= 0.3 is 212 Å². The summed E-state index contributed by atoms with van der Waals surface area (Å²) in [4.78, 5) is 26.1. The van der Waals surface area contributed by atoms with E-state index in [4.69, 9.17) is 26.7 Å². The molecule has 0 bridgehead atoms. The Morgan fingerprint density at radius 2 is 1.18 bits per heavy atom. The number of halogens is 2. The SMILES string of the molecule is O=c1c2c(oc3ccccc13)[NH][Sn]([Cl])([Cl])[NH]c1oc3ccccc3c(=O)c1[N-]CCC[N-]2.[Cu+2]. The molecule has 173 valence electrons. The van der Waals surface area contributed by atoms with E-state index < -0.39 is 16.7 Å². The Bertz CT molecular complexity index is 1350. The molecule has 1 radical (unpaired) electrons. The van der Waals surface area contributed by atoms with Gasteiger partial charge in [0.25, 0.3) is 0 Å². The molecule has 0 fully saturated rings. The molecule has 0 aliphatic carbocycles. The second-order valence-corrected chi connectivity index (χ2v) is 20.8. The Kier molecular flexibility index (Phi) is 7.06. The number of fused-ring (bicyclic) bond motifs is 4. The van der Waals surface area contributed by atoms with Crippen molar-refractivity contribution in [3.8, 4) is 0 Å². The maximum atomic E-state index is 13.0. The monoisotopic (exact) mass is 641 g/mol. The predicted molar refractivity (Wildman–Crippen MR) is 130 cm³/mol. The van der Waals surface area contributed by atoms with Crippen LogP contribution in [0.4, 0.5) is 23.1 Å². The molecular formula is C21H16Cl2CuN4O4Sn. The van der Waals surface area contributed by atoms with E-state index in [2.05, 4.69) is 17.7 Å². The van der Waals surface area contributed by atoms with Crippen molar-refractivity contribution < 1.29 is 25.9 Å². The van der Waals surface area contributed by atoms with Gasteiger partial charge in [0.2, 0.25) is 0 Å². The van der Waals surface area contributed by atoms with Crippen LogP contribution in [-0.2, 0) is 17.1 Å². The number of hydrogen-bond donors (Lipinski definition) is 2. The quantitative estimate of drug-likeness (QED) is 0.237. The maximum Gasteiger partial charge on any atom is 2.00 e. The van der Waals surface area contributed by atoms with E-state index in [1.807, 2.05) is 0 Å². The summed E-state index contributed by atoms with van der Waals surface area (Å²) in [5.74, 6) is 0.174. The third-order valence-electron chi connectivity index (χ3n) is 4.94. The first-order valence-corrected chi connectivity index (χ1v) is 19.9. The van der Waals surface area contributed by atoms with Gasteiger partial charge in [-0.2, -0.15) is 0 Å². The van der Waals surface area contributed by atoms with E-state index in [1.54, 1.807) is 48.5 Å². The van der Waals surface area contributed by atoms with Crippen molar-refractivity contribution in [3.05, 3.63) is 79.6 Å². The number of anilines is 2. The smallest absolute Gasteiger partial charge is 2.00 e. The van der Waals surface area contributed by atoms with Gasteiger partial charge in [0.1, 0.15) is 0 Å². The molecule has 2 aromatic heterocycles. The van der Waals surface area contributed by atoms with Gasteiger partial charge in [-0.05, 0) is 0 Å². The van der Waals surface area contributed by atoms with Crippen molar-refractivity contribution in [1.82, 2.24) is 0 Å². The van der Waals surface area contributed by atoms with Crippen LogP contribution < -0.4 is 17.9 Å². The summed E-state index contributed by atoms with van der Waals surface area (Å²) in [5.41, 5.74) is 0.444. The van der Waals surface area contributed by atoms with Crippen LogP contribution in [0.15, 0.2) is 67.0 Å². The van der Waals surface area contributed by atoms with Crippen LogP contribution in [-0.4, -0.2) is 29.8 Å². The number of hydrogen-bond acceptors (Lipinski definition) is 6. The molecular weight excluding hydrogens is 625 g/mol. The minimum atomic E-state index is -4.50. The minimum Gasteiger partial charge on any atom is 2.00 e. The van der Waals surface area contributed by atoms with Crippen LogP contribution >= 0.6 is 17.8 Å². The summed E-state index contributed by atoms with van der Waals surface area (Å²) in [7, 11) is 13.4. The molecule has 0 saturated carbocycles. The fourth-order valence-corrected chi connectivity index (χ4v) is 8.57. The Balaban J connectivity index is 0.00000259. The van der Waals surface area contributed by atoms with Crippen molar-refractivity contribution in [2.75, 3.05) is 20.2 Å². The molecule has 33 heavy (non-hydrogen) atoms. The average molecular weight is 642 g/mol. The summed E-state index contributed by atoms with van der Waals surface area (Å²) >= 11 is -4.50. The Labute approximate surface area is 210 Å². The van der Waals surface area contributed by atoms with E-state index in [0.29, 0.717) is 41.4 Å². The van der Waals surface area contributed by atoms with Crippen molar-refractivity contribution in [3.63, 3.8) is 0 Å². The van der Waals surface area contributed by atoms with E-state index in [0.717, 1.165) is 0 Å². The summed E-state index contributed by atoms with van der Waals surface area (Å²) in [6.45, 7) is 0.603. The molecule has 0 amide bonds. The van der Waals surface area contributed by atoms with Gasteiger partial charge in [-0.15, -0.1) is 0 Å². The average Bonchev–Trinajstić information content (AvgIpc) is 2.76. The Morgan fingerprint density at radius 1 is 0.758 bits per heavy atom. The van der Waals surface area contributed by atoms with Gasteiger partial charge in [0, 0.05) is 0 Å². The fraction of sp³-hybridized carbons (Fsp3) is 0.143. The molecule has 4 aromatic rings. The minimum absolute atomic E-state index is 0. The zero-order valence-electron chi connectivity index (χ0n) is 16.8. The van der Waals surface area contributed by atoms with E-state index in [9.17, 15) is 9.59 Å². The number of para-hydroxylation sites is 2. The van der Waals surface area contributed by atoms with E-state index >= 15 is 0 Å². The molecule has 0 unspecified atom stereocenters. The Morgan fingerprint density at radius 3 is 1.64 bits per heavy atom. The van der Waals surface area contributed by atoms with Gasteiger partial charge in [-0.3, -0.25) is 0 Å². The van der Waals surface area contributed by atoms with E-state index in [-0.39, 0.29) is 51.1 Å². The maximum absolute atomic E-state index is 13.0.